The van der Waals surface area contributed by atoms with E-state index in [1.807, 2.05) is 0 Å². The summed E-state index contributed by atoms with van der Waals surface area (Å²) in [4.78, 5) is 26.8. The molecule has 1 saturated carbocycles. The Bertz CT molecular complexity index is 1180. The average molecular weight is 475 g/mol. The van der Waals surface area contributed by atoms with Gasteiger partial charge in [0, 0.05) is 31.1 Å². The van der Waals surface area contributed by atoms with Crippen molar-refractivity contribution in [3.05, 3.63) is 71.3 Å². The normalized spacial score (nSPS) is 17.5. The molecule has 0 unspecified atom stereocenters. The quantitative estimate of drug-likeness (QED) is 0.492. The summed E-state index contributed by atoms with van der Waals surface area (Å²) in [6.45, 7) is 0.668. The third kappa shape index (κ3) is 5.72. The van der Waals surface area contributed by atoms with E-state index in [1.54, 1.807) is 23.1 Å². The summed E-state index contributed by atoms with van der Waals surface area (Å²) < 4.78 is 54.3. The minimum absolute atomic E-state index is 0.0273. The van der Waals surface area contributed by atoms with Gasteiger partial charge in [-0.05, 0) is 67.7 Å². The topological polar surface area (TPSA) is 83.6 Å². The molecule has 1 aliphatic carbocycles. The fourth-order valence-electron chi connectivity index (χ4n) is 3.79. The first-order valence-corrected chi connectivity index (χ1v) is 12.3. The Morgan fingerprint density at radius 3 is 2.27 bits per heavy atom. The number of piperidine rings is 1. The van der Waals surface area contributed by atoms with Crippen molar-refractivity contribution in [1.29, 1.82) is 0 Å². The van der Waals surface area contributed by atoms with Gasteiger partial charge in [-0.2, -0.15) is 0 Å². The van der Waals surface area contributed by atoms with Crippen LogP contribution in [0.25, 0.3) is 6.08 Å². The Labute approximate surface area is 191 Å². The molecule has 1 saturated heterocycles. The molecule has 9 heteroatoms. The molecule has 2 aromatic rings. The van der Waals surface area contributed by atoms with Crippen LogP contribution in [0.5, 0.6) is 0 Å². The smallest absolute Gasteiger partial charge is 0.246 e. The van der Waals surface area contributed by atoms with E-state index in [2.05, 4.69) is 4.72 Å². The van der Waals surface area contributed by atoms with Crippen LogP contribution >= 0.6 is 0 Å². The maximum Gasteiger partial charge on any atom is 0.246 e. The number of halogens is 2. The van der Waals surface area contributed by atoms with Gasteiger partial charge in [-0.25, -0.2) is 21.9 Å². The van der Waals surface area contributed by atoms with Crippen LogP contribution in [-0.2, 0) is 14.8 Å². The molecular formula is C24H24F2N2O4S. The van der Waals surface area contributed by atoms with Gasteiger partial charge < -0.3 is 4.90 Å². The number of nitrogens with one attached hydrogen (secondary N) is 1. The van der Waals surface area contributed by atoms with Gasteiger partial charge in [0.15, 0.2) is 5.78 Å². The second kappa shape index (κ2) is 9.52. The zero-order chi connectivity index (χ0) is 23.6. The van der Waals surface area contributed by atoms with Crippen LogP contribution in [0, 0.1) is 17.6 Å². The number of ketones is 1. The van der Waals surface area contributed by atoms with Crippen LogP contribution in [-0.4, -0.2) is 44.1 Å². The first-order valence-electron chi connectivity index (χ1n) is 10.8. The number of hydrogen-bond acceptors (Lipinski definition) is 4. The van der Waals surface area contributed by atoms with E-state index in [4.69, 9.17) is 0 Å². The Morgan fingerprint density at radius 1 is 0.970 bits per heavy atom. The van der Waals surface area contributed by atoms with Crippen molar-refractivity contribution in [2.45, 2.75) is 36.6 Å². The van der Waals surface area contributed by atoms with E-state index in [9.17, 15) is 26.8 Å². The first kappa shape index (κ1) is 23.3. The Kier molecular flexibility index (Phi) is 6.71. The van der Waals surface area contributed by atoms with Crippen LogP contribution in [0.15, 0.2) is 53.4 Å². The Morgan fingerprint density at radius 2 is 1.64 bits per heavy atom. The second-order valence-electron chi connectivity index (χ2n) is 8.39. The number of carbonyl (C=O) groups is 2. The maximum absolute atomic E-state index is 13.9. The monoisotopic (exact) mass is 474 g/mol. The summed E-state index contributed by atoms with van der Waals surface area (Å²) in [7, 11) is -3.52. The van der Waals surface area contributed by atoms with E-state index in [1.165, 1.54) is 18.2 Å². The molecule has 1 aliphatic heterocycles. The summed E-state index contributed by atoms with van der Waals surface area (Å²) in [6, 6.07) is 9.10. The molecule has 6 nitrogen and oxygen atoms in total. The third-order valence-corrected chi connectivity index (χ3v) is 7.42. The molecule has 0 atom stereocenters. The number of rotatable bonds is 7. The average Bonchev–Trinajstić information content (AvgIpc) is 3.62. The number of hydrogen-bond donors (Lipinski definition) is 1. The van der Waals surface area contributed by atoms with Crippen molar-refractivity contribution in [3.8, 4) is 0 Å². The molecule has 0 bridgehead atoms. The molecule has 0 spiro atoms. The number of sulfonamides is 1. The van der Waals surface area contributed by atoms with Crippen molar-refractivity contribution >= 4 is 27.8 Å². The molecule has 1 heterocycles. The van der Waals surface area contributed by atoms with E-state index >= 15 is 0 Å². The molecule has 174 valence electrons. The Balaban J connectivity index is 1.31. The number of amides is 1. The standard InChI is InChI=1S/C24H24F2N2O4S/c25-18-4-9-22(26)21(15-18)24(30)17-11-13-28(14-12-17)23(29)10-3-16-1-7-20(8-2-16)33(31,32)27-19-5-6-19/h1-4,7-10,15,17,19,27H,5-6,11-14H2/b10-3+. The van der Waals surface area contributed by atoms with Crippen molar-refractivity contribution in [2.75, 3.05) is 13.1 Å². The lowest BCUT2D eigenvalue weighted by molar-refractivity contribution is -0.127. The molecule has 1 amide bonds. The third-order valence-electron chi connectivity index (χ3n) is 5.88. The van der Waals surface area contributed by atoms with Crippen molar-refractivity contribution in [1.82, 2.24) is 9.62 Å². The van der Waals surface area contributed by atoms with Gasteiger partial charge >= 0.3 is 0 Å². The highest BCUT2D eigenvalue weighted by Crippen LogP contribution is 2.25. The fraction of sp³-hybridized carbons (Fsp3) is 0.333. The van der Waals surface area contributed by atoms with Crippen LogP contribution in [0.3, 0.4) is 0 Å². The predicted molar refractivity (Wildman–Crippen MR) is 119 cm³/mol. The van der Waals surface area contributed by atoms with E-state index in [0.717, 1.165) is 31.0 Å². The zero-order valence-corrected chi connectivity index (χ0v) is 18.7. The SMILES string of the molecule is O=C(c1cc(F)ccc1F)C1CCN(C(=O)/C=C/c2ccc(S(=O)(=O)NC3CC3)cc2)CC1. The summed E-state index contributed by atoms with van der Waals surface area (Å²) in [5.74, 6) is -2.55. The second-order valence-corrected chi connectivity index (χ2v) is 10.1. The molecule has 2 aromatic carbocycles. The van der Waals surface area contributed by atoms with Gasteiger partial charge in [0.2, 0.25) is 15.9 Å². The number of nitrogens with zero attached hydrogens (tertiary/aromatic N) is 1. The van der Waals surface area contributed by atoms with E-state index < -0.39 is 33.4 Å². The van der Waals surface area contributed by atoms with E-state index in [0.29, 0.717) is 31.5 Å². The molecule has 4 rings (SSSR count). The summed E-state index contributed by atoms with van der Waals surface area (Å²) in [5.41, 5.74) is 0.429. The van der Waals surface area contributed by atoms with Crippen molar-refractivity contribution in [2.24, 2.45) is 5.92 Å². The molecule has 33 heavy (non-hydrogen) atoms. The molecule has 2 aliphatic rings. The number of Topliss-reactive ketones (excluding diaryl/α,β-unsaturated/α-hetero) is 1. The summed E-state index contributed by atoms with van der Waals surface area (Å²) in [6.07, 6.45) is 5.46. The summed E-state index contributed by atoms with van der Waals surface area (Å²) >= 11 is 0. The van der Waals surface area contributed by atoms with Crippen LogP contribution in [0.2, 0.25) is 0 Å². The maximum atomic E-state index is 13.9. The van der Waals surface area contributed by atoms with E-state index in [-0.39, 0.29) is 22.4 Å². The largest absolute Gasteiger partial charge is 0.339 e. The van der Waals surface area contributed by atoms with Gasteiger partial charge in [0.1, 0.15) is 11.6 Å². The highest BCUT2D eigenvalue weighted by atomic mass is 32.2. The van der Waals surface area contributed by atoms with Gasteiger partial charge in [-0.1, -0.05) is 12.1 Å². The molecule has 2 fully saturated rings. The van der Waals surface area contributed by atoms with Gasteiger partial charge in [0.05, 0.1) is 10.5 Å². The predicted octanol–water partition coefficient (Wildman–Crippen LogP) is 3.54. The van der Waals surface area contributed by atoms with Gasteiger partial charge in [0.25, 0.3) is 0 Å². The van der Waals surface area contributed by atoms with Gasteiger partial charge in [-0.3, -0.25) is 9.59 Å². The minimum Gasteiger partial charge on any atom is -0.339 e. The van der Waals surface area contributed by atoms with Crippen LogP contribution < -0.4 is 4.72 Å². The molecule has 0 radical (unpaired) electrons. The van der Waals surface area contributed by atoms with Crippen molar-refractivity contribution < 1.29 is 26.8 Å². The highest BCUT2D eigenvalue weighted by Gasteiger charge is 2.29. The molecule has 0 aromatic heterocycles. The minimum atomic E-state index is -3.52. The Hall–Kier alpha value is -2.91. The fourth-order valence-corrected chi connectivity index (χ4v) is 5.09. The highest BCUT2D eigenvalue weighted by molar-refractivity contribution is 7.89. The summed E-state index contributed by atoms with van der Waals surface area (Å²) in [5, 5.41) is 0. The first-order chi connectivity index (χ1) is 15.7. The van der Waals surface area contributed by atoms with Crippen LogP contribution in [0.4, 0.5) is 8.78 Å². The zero-order valence-electron chi connectivity index (χ0n) is 17.8. The lowest BCUT2D eigenvalue weighted by atomic mass is 9.88. The van der Waals surface area contributed by atoms with Crippen LogP contribution in [0.1, 0.15) is 41.6 Å². The van der Waals surface area contributed by atoms with Gasteiger partial charge in [-0.15, -0.1) is 0 Å². The number of likely N-dealkylation sites (tertiary alicyclic amines) is 1. The lowest BCUT2D eigenvalue weighted by Crippen LogP contribution is -2.39. The van der Waals surface area contributed by atoms with Crippen molar-refractivity contribution in [3.63, 3.8) is 0 Å². The number of benzene rings is 2. The molecule has 1 N–H and O–H groups in total. The molecular weight excluding hydrogens is 450 g/mol. The number of carbonyl (C=O) groups excluding carboxylic acids is 2. The lowest BCUT2D eigenvalue weighted by Gasteiger charge is -2.30.